The number of aryl methyl sites for hydroxylation is 1. The number of aromatic nitrogens is 1. The Hall–Kier alpha value is -2.89. The van der Waals surface area contributed by atoms with Crippen LogP contribution in [0, 0.1) is 12.8 Å². The molecule has 1 aliphatic rings. The van der Waals surface area contributed by atoms with Crippen LogP contribution in [0.3, 0.4) is 0 Å². The van der Waals surface area contributed by atoms with Crippen LogP contribution in [0.2, 0.25) is 0 Å². The molecule has 0 radical (unpaired) electrons. The van der Waals surface area contributed by atoms with Crippen LogP contribution in [0.5, 0.6) is 0 Å². The molecule has 1 aromatic heterocycles. The van der Waals surface area contributed by atoms with Gasteiger partial charge in [0.25, 0.3) is 5.91 Å². The van der Waals surface area contributed by atoms with Crippen molar-refractivity contribution in [3.8, 4) is 0 Å². The molecule has 1 N–H and O–H groups in total. The maximum absolute atomic E-state index is 13.1. The lowest BCUT2D eigenvalue weighted by atomic mass is 10.0. The lowest BCUT2D eigenvalue weighted by Gasteiger charge is -2.37. The molecule has 1 saturated heterocycles. The molecular weight excluding hydrogens is 352 g/mol. The van der Waals surface area contributed by atoms with Crippen LogP contribution in [0.25, 0.3) is 0 Å². The van der Waals surface area contributed by atoms with E-state index >= 15 is 0 Å². The summed E-state index contributed by atoms with van der Waals surface area (Å²) in [5.41, 5.74) is 1.51. The summed E-state index contributed by atoms with van der Waals surface area (Å²) < 4.78 is 0. The van der Waals surface area contributed by atoms with E-state index in [1.165, 1.54) is 0 Å². The first-order valence-corrected chi connectivity index (χ1v) is 9.78. The smallest absolute Gasteiger partial charge is 0.252 e. The van der Waals surface area contributed by atoms with Gasteiger partial charge in [-0.2, -0.15) is 0 Å². The zero-order valence-corrected chi connectivity index (χ0v) is 16.8. The summed E-state index contributed by atoms with van der Waals surface area (Å²) in [4.78, 5) is 34.2. The number of pyridine rings is 1. The van der Waals surface area contributed by atoms with E-state index in [-0.39, 0.29) is 17.7 Å². The van der Waals surface area contributed by atoms with Crippen LogP contribution >= 0.6 is 0 Å². The van der Waals surface area contributed by atoms with Gasteiger partial charge in [-0.3, -0.25) is 9.59 Å². The van der Waals surface area contributed by atoms with Gasteiger partial charge in [0.05, 0.1) is 0 Å². The Labute approximate surface area is 166 Å². The Morgan fingerprint density at radius 3 is 2.29 bits per heavy atom. The van der Waals surface area contributed by atoms with Crippen LogP contribution in [0.15, 0.2) is 48.7 Å². The summed E-state index contributed by atoms with van der Waals surface area (Å²) in [6.45, 7) is 8.55. The third kappa shape index (κ3) is 4.50. The van der Waals surface area contributed by atoms with Crippen molar-refractivity contribution in [2.45, 2.75) is 26.8 Å². The number of carbonyl (C=O) groups is 2. The van der Waals surface area contributed by atoms with Crippen molar-refractivity contribution in [1.82, 2.24) is 15.2 Å². The number of anilines is 1. The fourth-order valence-corrected chi connectivity index (χ4v) is 3.45. The summed E-state index contributed by atoms with van der Waals surface area (Å²) in [6, 6.07) is 12.7. The Morgan fingerprint density at radius 2 is 1.68 bits per heavy atom. The highest BCUT2D eigenvalue weighted by atomic mass is 16.2. The van der Waals surface area contributed by atoms with E-state index in [0.29, 0.717) is 18.7 Å². The lowest BCUT2D eigenvalue weighted by molar-refractivity contribution is -0.134. The van der Waals surface area contributed by atoms with Crippen LogP contribution < -0.4 is 10.2 Å². The molecule has 2 heterocycles. The largest absolute Gasteiger partial charge is 0.353 e. The zero-order chi connectivity index (χ0) is 20.1. The fraction of sp³-hybridized carbons (Fsp3) is 0.409. The van der Waals surface area contributed by atoms with Crippen LogP contribution in [0.1, 0.15) is 29.8 Å². The number of nitrogens with one attached hydrogen (secondary N) is 1. The van der Waals surface area contributed by atoms with E-state index in [0.717, 1.165) is 24.5 Å². The van der Waals surface area contributed by atoms with Gasteiger partial charge in [0.1, 0.15) is 11.9 Å². The second-order valence-corrected chi connectivity index (χ2v) is 7.51. The molecule has 0 bridgehead atoms. The zero-order valence-electron chi connectivity index (χ0n) is 16.8. The monoisotopic (exact) mass is 380 g/mol. The van der Waals surface area contributed by atoms with Gasteiger partial charge in [0.2, 0.25) is 5.91 Å². The van der Waals surface area contributed by atoms with Crippen molar-refractivity contribution in [1.29, 1.82) is 0 Å². The third-order valence-electron chi connectivity index (χ3n) is 5.17. The van der Waals surface area contributed by atoms with Crippen molar-refractivity contribution >= 4 is 17.6 Å². The summed E-state index contributed by atoms with van der Waals surface area (Å²) in [7, 11) is 0. The van der Waals surface area contributed by atoms with Gasteiger partial charge < -0.3 is 15.1 Å². The van der Waals surface area contributed by atoms with Gasteiger partial charge in [-0.1, -0.05) is 38.1 Å². The molecule has 1 aliphatic heterocycles. The third-order valence-corrected chi connectivity index (χ3v) is 5.17. The van der Waals surface area contributed by atoms with Gasteiger partial charge in [-0.05, 0) is 36.6 Å². The molecule has 6 heteroatoms. The highest BCUT2D eigenvalue weighted by molar-refractivity contribution is 5.98. The average molecular weight is 380 g/mol. The Bertz CT molecular complexity index is 814. The predicted molar refractivity (Wildman–Crippen MR) is 110 cm³/mol. The molecule has 28 heavy (non-hydrogen) atoms. The fourth-order valence-electron chi connectivity index (χ4n) is 3.45. The Kier molecular flexibility index (Phi) is 6.29. The average Bonchev–Trinajstić information content (AvgIpc) is 2.72. The predicted octanol–water partition coefficient (Wildman–Crippen LogP) is 2.49. The molecule has 3 rings (SSSR count). The molecule has 6 nitrogen and oxygen atoms in total. The van der Waals surface area contributed by atoms with E-state index in [9.17, 15) is 9.59 Å². The van der Waals surface area contributed by atoms with E-state index in [1.54, 1.807) is 12.3 Å². The molecule has 2 aromatic rings. The quantitative estimate of drug-likeness (QED) is 0.866. The number of carbonyl (C=O) groups excluding carboxylic acids is 2. The summed E-state index contributed by atoms with van der Waals surface area (Å²) in [5.74, 6) is 0.729. The highest BCUT2D eigenvalue weighted by Gasteiger charge is 2.31. The maximum atomic E-state index is 13.1. The van der Waals surface area contributed by atoms with Gasteiger partial charge in [-0.25, -0.2) is 4.98 Å². The lowest BCUT2D eigenvalue weighted by Crippen LogP contribution is -2.56. The van der Waals surface area contributed by atoms with Crippen molar-refractivity contribution in [2.24, 2.45) is 5.92 Å². The highest BCUT2D eigenvalue weighted by Crippen LogP contribution is 2.15. The number of piperazine rings is 1. The van der Waals surface area contributed by atoms with E-state index in [2.05, 4.69) is 15.2 Å². The number of nitrogens with zero attached hydrogens (tertiary/aromatic N) is 3. The van der Waals surface area contributed by atoms with E-state index in [4.69, 9.17) is 0 Å². The molecule has 1 fully saturated rings. The normalized spacial score (nSPS) is 15.4. The van der Waals surface area contributed by atoms with Gasteiger partial charge in [0.15, 0.2) is 0 Å². The standard InChI is InChI=1S/C22H28N4O2/c1-16(2)20(24-21(27)18-9-5-4-8-17(18)3)22(28)26-14-12-25(13-15-26)19-10-6-7-11-23-19/h4-11,16,20H,12-15H2,1-3H3,(H,24,27)/t20-/m0/s1. The van der Waals surface area contributed by atoms with Crippen LogP contribution in [-0.2, 0) is 4.79 Å². The molecule has 2 amide bonds. The first-order chi connectivity index (χ1) is 13.5. The molecule has 148 valence electrons. The SMILES string of the molecule is Cc1ccccc1C(=O)N[C@H](C(=O)N1CCN(c2ccccn2)CC1)C(C)C. The van der Waals surface area contributed by atoms with Gasteiger partial charge in [0, 0.05) is 37.9 Å². The number of hydrogen-bond donors (Lipinski definition) is 1. The van der Waals surface area contributed by atoms with E-state index < -0.39 is 6.04 Å². The van der Waals surface area contributed by atoms with Gasteiger partial charge in [-0.15, -0.1) is 0 Å². The minimum atomic E-state index is -0.534. The summed E-state index contributed by atoms with van der Waals surface area (Å²) in [5, 5.41) is 2.96. The molecule has 0 spiro atoms. The molecule has 1 aromatic carbocycles. The second kappa shape index (κ2) is 8.87. The first-order valence-electron chi connectivity index (χ1n) is 9.78. The Morgan fingerprint density at radius 1 is 1.00 bits per heavy atom. The molecule has 1 atom stereocenters. The molecule has 0 saturated carbocycles. The molecule has 0 aliphatic carbocycles. The van der Waals surface area contributed by atoms with Crippen LogP contribution in [-0.4, -0.2) is 53.9 Å². The molecule has 0 unspecified atom stereocenters. The maximum Gasteiger partial charge on any atom is 0.252 e. The number of hydrogen-bond acceptors (Lipinski definition) is 4. The van der Waals surface area contributed by atoms with Crippen molar-refractivity contribution in [3.63, 3.8) is 0 Å². The minimum absolute atomic E-state index is 0.00860. The number of benzene rings is 1. The molecular formula is C22H28N4O2. The van der Waals surface area contributed by atoms with Crippen LogP contribution in [0.4, 0.5) is 5.82 Å². The second-order valence-electron chi connectivity index (χ2n) is 7.51. The topological polar surface area (TPSA) is 65.5 Å². The Balaban J connectivity index is 1.64. The first kappa shape index (κ1) is 19.9. The number of rotatable bonds is 5. The van der Waals surface area contributed by atoms with Crippen molar-refractivity contribution in [2.75, 3.05) is 31.1 Å². The van der Waals surface area contributed by atoms with Gasteiger partial charge >= 0.3 is 0 Å². The van der Waals surface area contributed by atoms with Crippen molar-refractivity contribution < 1.29 is 9.59 Å². The summed E-state index contributed by atoms with van der Waals surface area (Å²) in [6.07, 6.45) is 1.78. The van der Waals surface area contributed by atoms with Crippen molar-refractivity contribution in [3.05, 3.63) is 59.8 Å². The minimum Gasteiger partial charge on any atom is -0.353 e. The summed E-state index contributed by atoms with van der Waals surface area (Å²) >= 11 is 0. The van der Waals surface area contributed by atoms with E-state index in [1.807, 2.05) is 62.1 Å². The number of amides is 2.